The summed E-state index contributed by atoms with van der Waals surface area (Å²) in [5, 5.41) is 0. The molecule has 2 N–H and O–H groups in total. The maximum Gasteiger partial charge on any atom is 0.0359 e. The van der Waals surface area contributed by atoms with Gasteiger partial charge in [0.2, 0.25) is 0 Å². The maximum absolute atomic E-state index is 6.17. The predicted molar refractivity (Wildman–Crippen MR) is 76.8 cm³/mol. The van der Waals surface area contributed by atoms with E-state index in [1.54, 1.807) is 0 Å². The second-order valence-electron chi connectivity index (χ2n) is 6.56. The van der Waals surface area contributed by atoms with Crippen LogP contribution in [0.2, 0.25) is 0 Å². The van der Waals surface area contributed by atoms with Gasteiger partial charge in [0.25, 0.3) is 0 Å². The minimum Gasteiger partial charge on any atom is -0.329 e. The second-order valence-corrected chi connectivity index (χ2v) is 6.56. The molecule has 106 valence electrons. The molecular formula is C14H30N4. The summed E-state index contributed by atoms with van der Waals surface area (Å²) in [5.74, 6) is 0. The van der Waals surface area contributed by atoms with Gasteiger partial charge < -0.3 is 15.5 Å². The highest BCUT2D eigenvalue weighted by Crippen LogP contribution is 2.34. The fourth-order valence-electron chi connectivity index (χ4n) is 3.61. The predicted octanol–water partition coefficient (Wildman–Crippen LogP) is 0.434. The smallest absolute Gasteiger partial charge is 0.0359 e. The van der Waals surface area contributed by atoms with E-state index in [-0.39, 0.29) is 5.54 Å². The van der Waals surface area contributed by atoms with E-state index >= 15 is 0 Å². The summed E-state index contributed by atoms with van der Waals surface area (Å²) in [4.78, 5) is 7.51. The Kier molecular flexibility index (Phi) is 4.32. The van der Waals surface area contributed by atoms with Gasteiger partial charge in [0.05, 0.1) is 0 Å². The molecule has 2 fully saturated rings. The number of likely N-dealkylation sites (tertiary alicyclic amines) is 2. The van der Waals surface area contributed by atoms with Gasteiger partial charge in [0, 0.05) is 37.3 Å². The Bertz CT molecular complexity index is 281. The van der Waals surface area contributed by atoms with Gasteiger partial charge in [-0.1, -0.05) is 0 Å². The van der Waals surface area contributed by atoms with Crippen LogP contribution in [0, 0.1) is 0 Å². The highest BCUT2D eigenvalue weighted by Gasteiger charge is 2.43. The average Bonchev–Trinajstić information content (AvgIpc) is 2.83. The molecule has 0 aliphatic carbocycles. The molecule has 4 heteroatoms. The molecule has 3 atom stereocenters. The lowest BCUT2D eigenvalue weighted by Gasteiger charge is -2.49. The van der Waals surface area contributed by atoms with Crippen molar-refractivity contribution in [3.8, 4) is 0 Å². The van der Waals surface area contributed by atoms with Crippen molar-refractivity contribution in [3.63, 3.8) is 0 Å². The van der Waals surface area contributed by atoms with Crippen LogP contribution in [0.25, 0.3) is 0 Å². The number of piperidine rings is 1. The molecule has 0 bridgehead atoms. The number of nitrogens with two attached hydrogens (primary N) is 1. The summed E-state index contributed by atoms with van der Waals surface area (Å²) in [6.07, 6.45) is 3.74. The Morgan fingerprint density at radius 3 is 2.56 bits per heavy atom. The third-order valence-electron chi connectivity index (χ3n) is 5.30. The van der Waals surface area contributed by atoms with Crippen LogP contribution in [-0.2, 0) is 0 Å². The average molecular weight is 254 g/mol. The van der Waals surface area contributed by atoms with Gasteiger partial charge in [-0.3, -0.25) is 4.90 Å². The molecular weight excluding hydrogens is 224 g/mol. The van der Waals surface area contributed by atoms with Crippen LogP contribution in [0.1, 0.15) is 26.2 Å². The molecule has 3 unspecified atom stereocenters. The monoisotopic (exact) mass is 254 g/mol. The highest BCUT2D eigenvalue weighted by molar-refractivity contribution is 5.01. The molecule has 0 amide bonds. The first-order valence-corrected chi connectivity index (χ1v) is 7.30. The summed E-state index contributed by atoms with van der Waals surface area (Å²) < 4.78 is 0. The quantitative estimate of drug-likeness (QED) is 0.792. The van der Waals surface area contributed by atoms with Gasteiger partial charge in [-0.15, -0.1) is 0 Å². The zero-order valence-electron chi connectivity index (χ0n) is 12.5. The van der Waals surface area contributed by atoms with Crippen molar-refractivity contribution in [2.75, 3.05) is 47.3 Å². The van der Waals surface area contributed by atoms with Crippen molar-refractivity contribution < 1.29 is 0 Å². The number of nitrogens with zero attached hydrogens (tertiary/aromatic N) is 3. The third kappa shape index (κ3) is 2.57. The molecule has 2 aliphatic rings. The van der Waals surface area contributed by atoms with Gasteiger partial charge in [-0.2, -0.15) is 0 Å². The Labute approximate surface area is 112 Å². The second kappa shape index (κ2) is 5.45. The molecule has 2 saturated heterocycles. The van der Waals surface area contributed by atoms with Crippen molar-refractivity contribution >= 4 is 0 Å². The lowest BCUT2D eigenvalue weighted by Crippen LogP contribution is -2.60. The third-order valence-corrected chi connectivity index (χ3v) is 5.30. The lowest BCUT2D eigenvalue weighted by molar-refractivity contribution is 0.0219. The molecule has 18 heavy (non-hydrogen) atoms. The van der Waals surface area contributed by atoms with E-state index in [1.807, 2.05) is 0 Å². The van der Waals surface area contributed by atoms with Crippen molar-refractivity contribution in [1.29, 1.82) is 0 Å². The highest BCUT2D eigenvalue weighted by atomic mass is 15.3. The van der Waals surface area contributed by atoms with E-state index in [2.05, 4.69) is 42.8 Å². The Morgan fingerprint density at radius 1 is 1.33 bits per heavy atom. The first-order chi connectivity index (χ1) is 8.48. The molecule has 0 radical (unpaired) electrons. The van der Waals surface area contributed by atoms with Crippen LogP contribution < -0.4 is 5.73 Å². The summed E-state index contributed by atoms with van der Waals surface area (Å²) in [7, 11) is 6.62. The van der Waals surface area contributed by atoms with Crippen molar-refractivity contribution in [1.82, 2.24) is 14.7 Å². The van der Waals surface area contributed by atoms with Gasteiger partial charge in [-0.05, 0) is 53.9 Å². The van der Waals surface area contributed by atoms with Crippen LogP contribution >= 0.6 is 0 Å². The fraction of sp³-hybridized carbons (Fsp3) is 1.00. The van der Waals surface area contributed by atoms with Gasteiger partial charge in [0.1, 0.15) is 0 Å². The van der Waals surface area contributed by atoms with E-state index in [0.29, 0.717) is 12.1 Å². The van der Waals surface area contributed by atoms with Crippen LogP contribution in [0.5, 0.6) is 0 Å². The van der Waals surface area contributed by atoms with Gasteiger partial charge in [-0.25, -0.2) is 0 Å². The molecule has 4 nitrogen and oxygen atoms in total. The van der Waals surface area contributed by atoms with E-state index in [4.69, 9.17) is 5.73 Å². The van der Waals surface area contributed by atoms with Gasteiger partial charge in [0.15, 0.2) is 0 Å². The van der Waals surface area contributed by atoms with Crippen LogP contribution in [-0.4, -0.2) is 79.6 Å². The molecule has 0 spiro atoms. The number of hydrogen-bond donors (Lipinski definition) is 1. The van der Waals surface area contributed by atoms with E-state index in [0.717, 1.165) is 6.54 Å². The molecule has 2 heterocycles. The molecule has 0 aromatic heterocycles. The SMILES string of the molecule is CC1CC(CN)(N2CCC(N(C)C)C2)CCN1C. The normalized spacial score (nSPS) is 39.7. The minimum absolute atomic E-state index is 0.261. The van der Waals surface area contributed by atoms with E-state index in [9.17, 15) is 0 Å². The zero-order valence-corrected chi connectivity index (χ0v) is 12.5. The van der Waals surface area contributed by atoms with Gasteiger partial charge >= 0.3 is 0 Å². The standard InChI is InChI=1S/C14H30N4/c1-12-9-14(11-15,6-8-17(12)4)18-7-5-13(10-18)16(2)3/h12-13H,5-11,15H2,1-4H3. The number of rotatable bonds is 3. The van der Waals surface area contributed by atoms with Crippen LogP contribution in [0.4, 0.5) is 0 Å². The Morgan fingerprint density at radius 2 is 2.06 bits per heavy atom. The fourth-order valence-corrected chi connectivity index (χ4v) is 3.61. The number of hydrogen-bond acceptors (Lipinski definition) is 4. The first kappa shape index (κ1) is 14.3. The molecule has 0 saturated carbocycles. The maximum atomic E-state index is 6.17. The summed E-state index contributed by atoms with van der Waals surface area (Å²) >= 11 is 0. The van der Waals surface area contributed by atoms with Crippen molar-refractivity contribution in [3.05, 3.63) is 0 Å². The summed E-state index contributed by atoms with van der Waals surface area (Å²) in [6, 6.07) is 1.36. The Balaban J connectivity index is 2.05. The van der Waals surface area contributed by atoms with Crippen LogP contribution in [0.15, 0.2) is 0 Å². The summed E-state index contributed by atoms with van der Waals surface area (Å²) in [6.45, 7) is 6.74. The lowest BCUT2D eigenvalue weighted by atomic mass is 9.82. The van der Waals surface area contributed by atoms with Crippen molar-refractivity contribution in [2.45, 2.75) is 43.8 Å². The van der Waals surface area contributed by atoms with E-state index in [1.165, 1.54) is 38.9 Å². The Hall–Kier alpha value is -0.160. The largest absolute Gasteiger partial charge is 0.329 e. The van der Waals surface area contributed by atoms with E-state index < -0.39 is 0 Å². The molecule has 2 rings (SSSR count). The number of likely N-dealkylation sites (N-methyl/N-ethyl adjacent to an activating group) is 1. The minimum atomic E-state index is 0.261. The topological polar surface area (TPSA) is 35.7 Å². The molecule has 2 aliphatic heterocycles. The zero-order chi connectivity index (χ0) is 13.3. The first-order valence-electron chi connectivity index (χ1n) is 7.30. The van der Waals surface area contributed by atoms with Crippen molar-refractivity contribution in [2.24, 2.45) is 5.73 Å². The van der Waals surface area contributed by atoms with Crippen LogP contribution in [0.3, 0.4) is 0 Å². The molecule has 0 aromatic carbocycles. The molecule has 0 aromatic rings. The summed E-state index contributed by atoms with van der Waals surface area (Å²) in [5.41, 5.74) is 6.43.